The van der Waals surface area contributed by atoms with E-state index in [-0.39, 0.29) is 5.91 Å². The SMILES string of the molecule is CC(=O)N1CCN(c2cc(C)ccc2CN2CCNCC2)CC1. The second kappa shape index (κ2) is 7.32. The molecule has 0 bridgehead atoms. The molecular formula is C18H28N4O. The summed E-state index contributed by atoms with van der Waals surface area (Å²) in [5, 5.41) is 3.41. The Hall–Kier alpha value is -1.59. The van der Waals surface area contributed by atoms with Gasteiger partial charge in [0.15, 0.2) is 0 Å². The van der Waals surface area contributed by atoms with E-state index in [9.17, 15) is 4.79 Å². The van der Waals surface area contributed by atoms with E-state index in [0.717, 1.165) is 58.9 Å². The van der Waals surface area contributed by atoms with Crippen molar-refractivity contribution in [3.63, 3.8) is 0 Å². The molecule has 2 saturated heterocycles. The van der Waals surface area contributed by atoms with Crippen LogP contribution in [0.15, 0.2) is 18.2 Å². The monoisotopic (exact) mass is 316 g/mol. The summed E-state index contributed by atoms with van der Waals surface area (Å²) >= 11 is 0. The summed E-state index contributed by atoms with van der Waals surface area (Å²) in [7, 11) is 0. The zero-order valence-electron chi connectivity index (χ0n) is 14.3. The van der Waals surface area contributed by atoms with Crippen LogP contribution in [0.3, 0.4) is 0 Å². The number of anilines is 1. The molecule has 2 heterocycles. The highest BCUT2D eigenvalue weighted by Gasteiger charge is 2.21. The van der Waals surface area contributed by atoms with E-state index < -0.39 is 0 Å². The van der Waals surface area contributed by atoms with E-state index in [1.54, 1.807) is 6.92 Å². The van der Waals surface area contributed by atoms with Crippen molar-refractivity contribution in [2.75, 3.05) is 57.3 Å². The number of piperazine rings is 2. The van der Waals surface area contributed by atoms with Crippen LogP contribution in [-0.4, -0.2) is 68.1 Å². The molecule has 0 atom stereocenters. The van der Waals surface area contributed by atoms with Gasteiger partial charge < -0.3 is 15.1 Å². The Morgan fingerprint density at radius 2 is 1.78 bits per heavy atom. The fourth-order valence-electron chi connectivity index (χ4n) is 3.47. The molecule has 23 heavy (non-hydrogen) atoms. The molecule has 0 aliphatic carbocycles. The van der Waals surface area contributed by atoms with Crippen LogP contribution in [0.5, 0.6) is 0 Å². The highest BCUT2D eigenvalue weighted by molar-refractivity contribution is 5.73. The quantitative estimate of drug-likeness (QED) is 0.905. The summed E-state index contributed by atoms with van der Waals surface area (Å²) < 4.78 is 0. The van der Waals surface area contributed by atoms with Gasteiger partial charge in [-0.1, -0.05) is 12.1 Å². The fraction of sp³-hybridized carbons (Fsp3) is 0.611. The number of hydrogen-bond acceptors (Lipinski definition) is 4. The summed E-state index contributed by atoms with van der Waals surface area (Å²) in [6.07, 6.45) is 0. The van der Waals surface area contributed by atoms with Gasteiger partial charge in [-0.25, -0.2) is 0 Å². The first kappa shape index (κ1) is 16.3. The minimum absolute atomic E-state index is 0.190. The molecule has 2 aliphatic rings. The molecule has 1 amide bonds. The van der Waals surface area contributed by atoms with E-state index in [0.29, 0.717) is 0 Å². The predicted molar refractivity (Wildman–Crippen MR) is 93.8 cm³/mol. The second-order valence-corrected chi connectivity index (χ2v) is 6.65. The van der Waals surface area contributed by atoms with Gasteiger partial charge in [-0.3, -0.25) is 9.69 Å². The van der Waals surface area contributed by atoms with Crippen LogP contribution in [0.1, 0.15) is 18.1 Å². The number of hydrogen-bond donors (Lipinski definition) is 1. The third-order valence-electron chi connectivity index (χ3n) is 4.91. The van der Waals surface area contributed by atoms with Crippen LogP contribution in [0, 0.1) is 6.92 Å². The van der Waals surface area contributed by atoms with Crippen LogP contribution in [-0.2, 0) is 11.3 Å². The summed E-state index contributed by atoms with van der Waals surface area (Å²) in [4.78, 5) is 18.4. The number of carbonyl (C=O) groups is 1. The van der Waals surface area contributed by atoms with Crippen molar-refractivity contribution < 1.29 is 4.79 Å². The molecule has 0 aromatic heterocycles. The first-order valence-corrected chi connectivity index (χ1v) is 8.66. The molecule has 0 spiro atoms. The zero-order chi connectivity index (χ0) is 16.2. The predicted octanol–water partition coefficient (Wildman–Crippen LogP) is 1.07. The maximum absolute atomic E-state index is 11.5. The van der Waals surface area contributed by atoms with Gasteiger partial charge >= 0.3 is 0 Å². The number of carbonyl (C=O) groups excluding carboxylic acids is 1. The highest BCUT2D eigenvalue weighted by Crippen LogP contribution is 2.25. The summed E-state index contributed by atoms with van der Waals surface area (Å²) in [5.74, 6) is 0.190. The average molecular weight is 316 g/mol. The molecule has 3 rings (SSSR count). The van der Waals surface area contributed by atoms with E-state index in [4.69, 9.17) is 0 Å². The average Bonchev–Trinajstić information content (AvgIpc) is 2.57. The van der Waals surface area contributed by atoms with Crippen LogP contribution < -0.4 is 10.2 Å². The van der Waals surface area contributed by atoms with Crippen molar-refractivity contribution in [2.45, 2.75) is 20.4 Å². The van der Waals surface area contributed by atoms with Gasteiger partial charge in [0.25, 0.3) is 0 Å². The number of aryl methyl sites for hydroxylation is 1. The number of benzene rings is 1. The number of nitrogens with one attached hydrogen (secondary N) is 1. The Morgan fingerprint density at radius 1 is 1.09 bits per heavy atom. The third-order valence-corrected chi connectivity index (χ3v) is 4.91. The highest BCUT2D eigenvalue weighted by atomic mass is 16.2. The summed E-state index contributed by atoms with van der Waals surface area (Å²) in [6.45, 7) is 12.8. The van der Waals surface area contributed by atoms with Gasteiger partial charge in [0, 0.05) is 71.5 Å². The van der Waals surface area contributed by atoms with Crippen molar-refractivity contribution >= 4 is 11.6 Å². The van der Waals surface area contributed by atoms with Crippen molar-refractivity contribution in [3.8, 4) is 0 Å². The van der Waals surface area contributed by atoms with Crippen molar-refractivity contribution in [2.24, 2.45) is 0 Å². The van der Waals surface area contributed by atoms with Gasteiger partial charge in [-0.15, -0.1) is 0 Å². The first-order chi connectivity index (χ1) is 11.1. The minimum Gasteiger partial charge on any atom is -0.368 e. The van der Waals surface area contributed by atoms with Gasteiger partial charge in [0.2, 0.25) is 5.91 Å². The molecule has 2 fully saturated rings. The number of rotatable bonds is 3. The van der Waals surface area contributed by atoms with Crippen molar-refractivity contribution in [1.82, 2.24) is 15.1 Å². The van der Waals surface area contributed by atoms with E-state index >= 15 is 0 Å². The molecule has 0 unspecified atom stereocenters. The Balaban J connectivity index is 1.72. The van der Waals surface area contributed by atoms with E-state index in [1.165, 1.54) is 16.8 Å². The standard InChI is InChI=1S/C18H28N4O/c1-15-3-4-17(14-20-7-5-19-6-8-20)18(13-15)22-11-9-21(10-12-22)16(2)23/h3-4,13,19H,5-12,14H2,1-2H3. The Labute approximate surface area is 139 Å². The van der Waals surface area contributed by atoms with Gasteiger partial charge in [0.1, 0.15) is 0 Å². The minimum atomic E-state index is 0.190. The van der Waals surface area contributed by atoms with E-state index in [1.807, 2.05) is 4.90 Å². The molecule has 1 N–H and O–H groups in total. The Bertz CT molecular complexity index is 546. The normalized spacial score (nSPS) is 19.9. The van der Waals surface area contributed by atoms with Crippen LogP contribution in [0.25, 0.3) is 0 Å². The molecule has 5 heteroatoms. The Kier molecular flexibility index (Phi) is 5.18. The fourth-order valence-corrected chi connectivity index (χ4v) is 3.47. The molecule has 126 valence electrons. The second-order valence-electron chi connectivity index (χ2n) is 6.65. The molecule has 5 nitrogen and oxygen atoms in total. The lowest BCUT2D eigenvalue weighted by molar-refractivity contribution is -0.129. The van der Waals surface area contributed by atoms with Gasteiger partial charge in [-0.05, 0) is 24.1 Å². The lowest BCUT2D eigenvalue weighted by Crippen LogP contribution is -2.48. The summed E-state index contributed by atoms with van der Waals surface area (Å²) in [5.41, 5.74) is 4.07. The smallest absolute Gasteiger partial charge is 0.219 e. The zero-order valence-corrected chi connectivity index (χ0v) is 14.3. The Morgan fingerprint density at radius 3 is 2.43 bits per heavy atom. The van der Waals surface area contributed by atoms with Crippen LogP contribution >= 0.6 is 0 Å². The molecule has 1 aromatic rings. The van der Waals surface area contributed by atoms with Gasteiger partial charge in [-0.2, -0.15) is 0 Å². The lowest BCUT2D eigenvalue weighted by atomic mass is 10.1. The van der Waals surface area contributed by atoms with Crippen LogP contribution in [0.4, 0.5) is 5.69 Å². The van der Waals surface area contributed by atoms with Crippen molar-refractivity contribution in [3.05, 3.63) is 29.3 Å². The van der Waals surface area contributed by atoms with Crippen molar-refractivity contribution in [1.29, 1.82) is 0 Å². The van der Waals surface area contributed by atoms with Gasteiger partial charge in [0.05, 0.1) is 0 Å². The molecular weight excluding hydrogens is 288 g/mol. The number of amides is 1. The maximum Gasteiger partial charge on any atom is 0.219 e. The molecule has 0 radical (unpaired) electrons. The molecule has 1 aromatic carbocycles. The topological polar surface area (TPSA) is 38.8 Å². The molecule has 2 aliphatic heterocycles. The molecule has 0 saturated carbocycles. The maximum atomic E-state index is 11.5. The largest absolute Gasteiger partial charge is 0.368 e. The third kappa shape index (κ3) is 4.03. The van der Waals surface area contributed by atoms with Crippen LogP contribution in [0.2, 0.25) is 0 Å². The lowest BCUT2D eigenvalue weighted by Gasteiger charge is -2.37. The van der Waals surface area contributed by atoms with E-state index in [2.05, 4.69) is 40.2 Å². The number of nitrogens with zero attached hydrogens (tertiary/aromatic N) is 3. The summed E-state index contributed by atoms with van der Waals surface area (Å²) in [6, 6.07) is 6.80. The first-order valence-electron chi connectivity index (χ1n) is 8.66.